The molecule has 1 heterocycles. The molecule has 0 saturated carbocycles. The van der Waals surface area contributed by atoms with Gasteiger partial charge in [0, 0.05) is 24.7 Å². The van der Waals surface area contributed by atoms with E-state index in [1.54, 1.807) is 6.07 Å². The summed E-state index contributed by atoms with van der Waals surface area (Å²) < 4.78 is 19.3. The zero-order valence-electron chi connectivity index (χ0n) is 12.7. The second-order valence-electron chi connectivity index (χ2n) is 5.87. The van der Waals surface area contributed by atoms with Crippen LogP contribution in [0.3, 0.4) is 0 Å². The average molecular weight is 280 g/mol. The predicted molar refractivity (Wildman–Crippen MR) is 81.8 cm³/mol. The Kier molecular flexibility index (Phi) is 4.73. The minimum atomic E-state index is -0.377. The van der Waals surface area contributed by atoms with Crippen molar-refractivity contribution in [3.8, 4) is 5.75 Å². The van der Waals surface area contributed by atoms with Gasteiger partial charge in [0.15, 0.2) is 11.6 Å². The maximum absolute atomic E-state index is 13.9. The fourth-order valence-electron chi connectivity index (χ4n) is 2.75. The summed E-state index contributed by atoms with van der Waals surface area (Å²) in [6.45, 7) is 7.93. The van der Waals surface area contributed by atoms with Crippen molar-refractivity contribution in [3.63, 3.8) is 0 Å². The third-order valence-electron chi connectivity index (χ3n) is 3.97. The molecular weight excluding hydrogens is 255 g/mol. The van der Waals surface area contributed by atoms with Crippen LogP contribution in [0.1, 0.15) is 40.0 Å². The van der Waals surface area contributed by atoms with E-state index in [9.17, 15) is 4.39 Å². The minimum absolute atomic E-state index is 0.307. The summed E-state index contributed by atoms with van der Waals surface area (Å²) in [7, 11) is 0. The van der Waals surface area contributed by atoms with E-state index in [4.69, 9.17) is 10.5 Å². The van der Waals surface area contributed by atoms with Crippen LogP contribution in [0.4, 0.5) is 15.8 Å². The molecule has 0 bridgehead atoms. The summed E-state index contributed by atoms with van der Waals surface area (Å²) in [5, 5.41) is 0. The second kappa shape index (κ2) is 6.33. The molecule has 1 aliphatic rings. The molecule has 2 N–H and O–H groups in total. The zero-order chi connectivity index (χ0) is 14.7. The topological polar surface area (TPSA) is 38.5 Å². The molecule has 2 unspecified atom stereocenters. The van der Waals surface area contributed by atoms with Gasteiger partial charge in [-0.15, -0.1) is 0 Å². The van der Waals surface area contributed by atoms with Gasteiger partial charge >= 0.3 is 0 Å². The van der Waals surface area contributed by atoms with Crippen LogP contribution in [0.25, 0.3) is 0 Å². The van der Waals surface area contributed by atoms with Crippen molar-refractivity contribution >= 4 is 11.4 Å². The molecule has 112 valence electrons. The first-order chi connectivity index (χ1) is 9.52. The molecule has 1 aliphatic heterocycles. The van der Waals surface area contributed by atoms with Crippen LogP contribution in [-0.2, 0) is 0 Å². The van der Waals surface area contributed by atoms with E-state index in [2.05, 4.69) is 18.7 Å². The first-order valence-corrected chi connectivity index (χ1v) is 7.51. The Morgan fingerprint density at radius 2 is 2.10 bits per heavy atom. The monoisotopic (exact) mass is 280 g/mol. The summed E-state index contributed by atoms with van der Waals surface area (Å²) in [5.74, 6) is 0.564. The van der Waals surface area contributed by atoms with Crippen LogP contribution in [0.2, 0.25) is 0 Å². The quantitative estimate of drug-likeness (QED) is 0.852. The lowest BCUT2D eigenvalue weighted by Crippen LogP contribution is -2.41. The molecule has 1 aromatic rings. The van der Waals surface area contributed by atoms with Crippen molar-refractivity contribution in [2.24, 2.45) is 5.92 Å². The number of nitrogens with zero attached hydrogens (tertiary/aromatic N) is 1. The van der Waals surface area contributed by atoms with Crippen molar-refractivity contribution in [1.29, 1.82) is 0 Å². The van der Waals surface area contributed by atoms with Gasteiger partial charge in [-0.2, -0.15) is 0 Å². The summed E-state index contributed by atoms with van der Waals surface area (Å²) in [4.78, 5) is 2.28. The van der Waals surface area contributed by atoms with Gasteiger partial charge < -0.3 is 15.4 Å². The Bertz CT molecular complexity index is 464. The number of nitrogen functional groups attached to an aromatic ring is 1. The maximum atomic E-state index is 13.9. The summed E-state index contributed by atoms with van der Waals surface area (Å²) in [6.07, 6.45) is 3.23. The van der Waals surface area contributed by atoms with Crippen LogP contribution in [0.5, 0.6) is 5.75 Å². The highest BCUT2D eigenvalue weighted by Crippen LogP contribution is 2.35. The third-order valence-corrected chi connectivity index (χ3v) is 3.97. The van der Waals surface area contributed by atoms with Crippen LogP contribution >= 0.6 is 0 Å². The van der Waals surface area contributed by atoms with Crippen LogP contribution < -0.4 is 15.4 Å². The number of halogens is 1. The van der Waals surface area contributed by atoms with Gasteiger partial charge in [-0.25, -0.2) is 4.39 Å². The largest absolute Gasteiger partial charge is 0.490 e. The fraction of sp³-hybridized carbons (Fsp3) is 0.625. The van der Waals surface area contributed by atoms with Crippen molar-refractivity contribution < 1.29 is 9.13 Å². The Balaban J connectivity index is 2.29. The Labute approximate surface area is 120 Å². The number of hydrogen-bond acceptors (Lipinski definition) is 3. The molecule has 20 heavy (non-hydrogen) atoms. The van der Waals surface area contributed by atoms with E-state index in [-0.39, 0.29) is 5.82 Å². The molecule has 0 aromatic heterocycles. The molecule has 3 nitrogen and oxygen atoms in total. The van der Waals surface area contributed by atoms with Gasteiger partial charge in [-0.3, -0.25) is 0 Å². The maximum Gasteiger partial charge on any atom is 0.167 e. The number of rotatable bonds is 4. The first-order valence-electron chi connectivity index (χ1n) is 7.51. The standard InChI is InChI=1S/C16H25FN2O/c1-4-7-20-16-9-15(14(18)8-13(16)17)19-10-11(2)5-6-12(19)3/h8-9,11-12H,4-7,10,18H2,1-3H3. The predicted octanol–water partition coefficient (Wildman–Crippen LogP) is 3.82. The van der Waals surface area contributed by atoms with E-state index in [0.29, 0.717) is 30.0 Å². The van der Waals surface area contributed by atoms with Crippen molar-refractivity contribution in [2.75, 3.05) is 23.8 Å². The molecule has 0 radical (unpaired) electrons. The van der Waals surface area contributed by atoms with E-state index in [1.165, 1.54) is 12.5 Å². The molecule has 0 amide bonds. The number of nitrogens with two attached hydrogens (primary N) is 1. The van der Waals surface area contributed by atoms with E-state index < -0.39 is 0 Å². The van der Waals surface area contributed by atoms with Crippen molar-refractivity contribution in [1.82, 2.24) is 0 Å². The highest BCUT2D eigenvalue weighted by Gasteiger charge is 2.25. The number of piperidine rings is 1. The van der Waals surface area contributed by atoms with E-state index in [0.717, 1.165) is 25.1 Å². The van der Waals surface area contributed by atoms with Gasteiger partial charge in [0.2, 0.25) is 0 Å². The Morgan fingerprint density at radius 3 is 2.80 bits per heavy atom. The lowest BCUT2D eigenvalue weighted by Gasteiger charge is -2.39. The van der Waals surface area contributed by atoms with E-state index in [1.807, 2.05) is 6.92 Å². The number of hydrogen-bond donors (Lipinski definition) is 1. The van der Waals surface area contributed by atoms with Crippen LogP contribution in [0, 0.1) is 11.7 Å². The molecule has 2 atom stereocenters. The molecule has 2 rings (SSSR count). The van der Waals surface area contributed by atoms with E-state index >= 15 is 0 Å². The molecule has 1 fully saturated rings. The molecule has 1 aromatic carbocycles. The molecule has 4 heteroatoms. The Hall–Kier alpha value is -1.45. The molecule has 1 saturated heterocycles. The highest BCUT2D eigenvalue weighted by molar-refractivity contribution is 5.70. The zero-order valence-corrected chi connectivity index (χ0v) is 12.7. The van der Waals surface area contributed by atoms with Gasteiger partial charge in [0.25, 0.3) is 0 Å². The summed E-state index contributed by atoms with van der Waals surface area (Å²) in [5.41, 5.74) is 7.41. The van der Waals surface area contributed by atoms with Crippen molar-refractivity contribution in [2.45, 2.75) is 46.1 Å². The summed E-state index contributed by atoms with van der Waals surface area (Å²) in [6, 6.07) is 3.57. The number of ether oxygens (including phenoxy) is 1. The average Bonchev–Trinajstić information content (AvgIpc) is 2.41. The number of benzene rings is 1. The fourth-order valence-corrected chi connectivity index (χ4v) is 2.75. The van der Waals surface area contributed by atoms with Gasteiger partial charge in [0.05, 0.1) is 18.0 Å². The smallest absolute Gasteiger partial charge is 0.167 e. The Morgan fingerprint density at radius 1 is 1.35 bits per heavy atom. The third kappa shape index (κ3) is 3.17. The van der Waals surface area contributed by atoms with Gasteiger partial charge in [-0.05, 0) is 32.1 Å². The van der Waals surface area contributed by atoms with Gasteiger partial charge in [-0.1, -0.05) is 13.8 Å². The lowest BCUT2D eigenvalue weighted by atomic mass is 9.94. The van der Waals surface area contributed by atoms with Crippen LogP contribution in [0.15, 0.2) is 12.1 Å². The molecule has 0 aliphatic carbocycles. The molecular formula is C16H25FN2O. The minimum Gasteiger partial charge on any atom is -0.490 e. The summed E-state index contributed by atoms with van der Waals surface area (Å²) >= 11 is 0. The van der Waals surface area contributed by atoms with Crippen LogP contribution in [-0.4, -0.2) is 19.2 Å². The van der Waals surface area contributed by atoms with Gasteiger partial charge in [0.1, 0.15) is 0 Å². The van der Waals surface area contributed by atoms with Crippen molar-refractivity contribution in [3.05, 3.63) is 17.9 Å². The first kappa shape index (κ1) is 14.9. The normalized spacial score (nSPS) is 22.9. The second-order valence-corrected chi connectivity index (χ2v) is 5.87. The highest BCUT2D eigenvalue weighted by atomic mass is 19.1. The molecule has 0 spiro atoms. The SMILES string of the molecule is CCCOc1cc(N2CC(C)CCC2C)c(N)cc1F. The number of anilines is 2. The lowest BCUT2D eigenvalue weighted by molar-refractivity contribution is 0.301.